The van der Waals surface area contributed by atoms with Crippen LogP contribution in [-0.4, -0.2) is 21.2 Å². The molecule has 1 atom stereocenters. The molecule has 0 fully saturated rings. The van der Waals surface area contributed by atoms with Crippen molar-refractivity contribution in [3.05, 3.63) is 36.0 Å². The number of nitrogens with zero attached hydrogens (tertiary/aromatic N) is 3. The second kappa shape index (κ2) is 6.13. The summed E-state index contributed by atoms with van der Waals surface area (Å²) in [5.41, 5.74) is 2.14. The Morgan fingerprint density at radius 3 is 2.79 bits per heavy atom. The molecule has 0 saturated carbocycles. The van der Waals surface area contributed by atoms with E-state index in [1.807, 2.05) is 31.2 Å². The number of benzene rings is 1. The average Bonchev–Trinajstić information content (AvgIpc) is 2.42. The van der Waals surface area contributed by atoms with Crippen molar-refractivity contribution in [2.45, 2.75) is 33.2 Å². The molecule has 5 heteroatoms. The summed E-state index contributed by atoms with van der Waals surface area (Å²) in [5, 5.41) is 14.4. The first-order chi connectivity index (χ1) is 9.19. The Morgan fingerprint density at radius 2 is 2.05 bits per heavy atom. The van der Waals surface area contributed by atoms with Gasteiger partial charge in [0, 0.05) is 11.7 Å². The fourth-order valence-corrected chi connectivity index (χ4v) is 1.61. The number of nitrogens with one attached hydrogen (secondary N) is 2. The quantitative estimate of drug-likeness (QED) is 0.861. The third-order valence-electron chi connectivity index (χ3n) is 2.96. The number of hydrogen-bond acceptors (Lipinski definition) is 5. The molecule has 1 aromatic carbocycles. The highest BCUT2D eigenvalue weighted by molar-refractivity contribution is 5.58. The molecule has 5 nitrogen and oxygen atoms in total. The van der Waals surface area contributed by atoms with Crippen molar-refractivity contribution in [2.75, 3.05) is 10.6 Å². The van der Waals surface area contributed by atoms with E-state index < -0.39 is 0 Å². The number of anilines is 3. The van der Waals surface area contributed by atoms with Gasteiger partial charge in [0.2, 0.25) is 5.95 Å². The third kappa shape index (κ3) is 3.64. The van der Waals surface area contributed by atoms with Crippen molar-refractivity contribution in [3.63, 3.8) is 0 Å². The minimum atomic E-state index is 0.364. The van der Waals surface area contributed by atoms with Crippen LogP contribution in [0.25, 0.3) is 0 Å². The summed E-state index contributed by atoms with van der Waals surface area (Å²) in [4.78, 5) is 4.40. The van der Waals surface area contributed by atoms with Crippen molar-refractivity contribution >= 4 is 17.5 Å². The number of hydrogen-bond donors (Lipinski definition) is 2. The largest absolute Gasteiger partial charge is 0.366 e. The van der Waals surface area contributed by atoms with Crippen LogP contribution in [0.15, 0.2) is 30.5 Å². The first kappa shape index (κ1) is 13.3. The Hall–Kier alpha value is -2.17. The van der Waals surface area contributed by atoms with Crippen molar-refractivity contribution in [1.29, 1.82) is 0 Å². The second-order valence-corrected chi connectivity index (χ2v) is 4.56. The molecule has 0 aliphatic carbocycles. The van der Waals surface area contributed by atoms with Crippen LogP contribution in [0.5, 0.6) is 0 Å². The Morgan fingerprint density at radius 1 is 1.26 bits per heavy atom. The normalized spacial score (nSPS) is 11.9. The molecule has 100 valence electrons. The van der Waals surface area contributed by atoms with Crippen LogP contribution >= 0.6 is 0 Å². The van der Waals surface area contributed by atoms with Crippen molar-refractivity contribution in [2.24, 2.45) is 0 Å². The van der Waals surface area contributed by atoms with Crippen molar-refractivity contribution in [3.8, 4) is 0 Å². The SMILES string of the molecule is CCC(C)Nc1cnnc(Nc2ccccc2C)n1. The van der Waals surface area contributed by atoms with Gasteiger partial charge in [0.15, 0.2) is 5.82 Å². The molecule has 0 bridgehead atoms. The average molecular weight is 257 g/mol. The van der Waals surface area contributed by atoms with E-state index >= 15 is 0 Å². The molecule has 0 amide bonds. The van der Waals surface area contributed by atoms with Gasteiger partial charge in [0.1, 0.15) is 0 Å². The van der Waals surface area contributed by atoms with Gasteiger partial charge in [-0.05, 0) is 31.9 Å². The minimum Gasteiger partial charge on any atom is -0.366 e. The molecular weight excluding hydrogens is 238 g/mol. The Balaban J connectivity index is 2.13. The Kier molecular flexibility index (Phi) is 4.28. The lowest BCUT2D eigenvalue weighted by Crippen LogP contribution is -2.15. The number of para-hydroxylation sites is 1. The van der Waals surface area contributed by atoms with Gasteiger partial charge in [-0.1, -0.05) is 25.1 Å². The lowest BCUT2D eigenvalue weighted by atomic mass is 10.2. The molecule has 0 saturated heterocycles. The van der Waals surface area contributed by atoms with Gasteiger partial charge in [-0.2, -0.15) is 10.1 Å². The maximum absolute atomic E-state index is 4.40. The molecule has 1 unspecified atom stereocenters. The molecule has 2 aromatic rings. The van der Waals surface area contributed by atoms with Crippen LogP contribution in [0.1, 0.15) is 25.8 Å². The number of aromatic nitrogens is 3. The van der Waals surface area contributed by atoms with Gasteiger partial charge in [0.05, 0.1) is 6.20 Å². The molecule has 0 aliphatic heterocycles. The highest BCUT2D eigenvalue weighted by atomic mass is 15.3. The molecule has 19 heavy (non-hydrogen) atoms. The first-order valence-electron chi connectivity index (χ1n) is 6.48. The predicted octanol–water partition coefficient (Wildman–Crippen LogP) is 3.13. The fraction of sp³-hybridized carbons (Fsp3) is 0.357. The van der Waals surface area contributed by atoms with Gasteiger partial charge in [-0.25, -0.2) is 0 Å². The maximum atomic E-state index is 4.40. The van der Waals surface area contributed by atoms with E-state index in [0.717, 1.165) is 23.5 Å². The van der Waals surface area contributed by atoms with E-state index in [1.54, 1.807) is 6.20 Å². The molecule has 2 rings (SSSR count). The maximum Gasteiger partial charge on any atom is 0.249 e. The molecule has 0 radical (unpaired) electrons. The summed E-state index contributed by atoms with van der Waals surface area (Å²) in [6.45, 7) is 6.27. The smallest absolute Gasteiger partial charge is 0.249 e. The van der Waals surface area contributed by atoms with Crippen LogP contribution in [-0.2, 0) is 0 Å². The zero-order valence-corrected chi connectivity index (χ0v) is 11.5. The van der Waals surface area contributed by atoms with Crippen molar-refractivity contribution in [1.82, 2.24) is 15.2 Å². The standard InChI is InChI=1S/C14H19N5/c1-4-11(3)16-13-9-15-19-14(18-13)17-12-8-6-5-7-10(12)2/h5-9,11H,4H2,1-3H3,(H2,16,17,18,19). The van der Waals surface area contributed by atoms with E-state index in [9.17, 15) is 0 Å². The topological polar surface area (TPSA) is 62.7 Å². The van der Waals surface area contributed by atoms with E-state index in [2.05, 4.69) is 39.7 Å². The van der Waals surface area contributed by atoms with Gasteiger partial charge in [-0.15, -0.1) is 5.10 Å². The zero-order valence-electron chi connectivity index (χ0n) is 11.5. The van der Waals surface area contributed by atoms with Gasteiger partial charge < -0.3 is 10.6 Å². The Bertz CT molecular complexity index is 541. The molecular formula is C14H19N5. The summed E-state index contributed by atoms with van der Waals surface area (Å²) < 4.78 is 0. The fourth-order valence-electron chi connectivity index (χ4n) is 1.61. The van der Waals surface area contributed by atoms with Crippen LogP contribution in [0.2, 0.25) is 0 Å². The summed E-state index contributed by atoms with van der Waals surface area (Å²) >= 11 is 0. The van der Waals surface area contributed by atoms with Crippen LogP contribution < -0.4 is 10.6 Å². The first-order valence-corrected chi connectivity index (χ1v) is 6.48. The molecule has 1 aromatic heterocycles. The predicted molar refractivity (Wildman–Crippen MR) is 77.7 cm³/mol. The summed E-state index contributed by atoms with van der Waals surface area (Å²) in [6, 6.07) is 8.37. The highest BCUT2D eigenvalue weighted by Crippen LogP contribution is 2.17. The summed E-state index contributed by atoms with van der Waals surface area (Å²) in [5.74, 6) is 1.24. The molecule has 2 N–H and O–H groups in total. The lowest BCUT2D eigenvalue weighted by molar-refractivity contribution is 0.755. The Labute approximate surface area is 113 Å². The minimum absolute atomic E-state index is 0.364. The molecule has 0 aliphatic rings. The third-order valence-corrected chi connectivity index (χ3v) is 2.96. The van der Waals surface area contributed by atoms with E-state index in [4.69, 9.17) is 0 Å². The van der Waals surface area contributed by atoms with Gasteiger partial charge in [-0.3, -0.25) is 0 Å². The monoisotopic (exact) mass is 257 g/mol. The summed E-state index contributed by atoms with van der Waals surface area (Å²) in [7, 11) is 0. The van der Waals surface area contributed by atoms with Crippen LogP contribution in [0.4, 0.5) is 17.5 Å². The second-order valence-electron chi connectivity index (χ2n) is 4.56. The van der Waals surface area contributed by atoms with E-state index in [-0.39, 0.29) is 0 Å². The summed E-state index contributed by atoms with van der Waals surface area (Å²) in [6.07, 6.45) is 2.67. The van der Waals surface area contributed by atoms with E-state index in [0.29, 0.717) is 12.0 Å². The zero-order chi connectivity index (χ0) is 13.7. The van der Waals surface area contributed by atoms with Gasteiger partial charge >= 0.3 is 0 Å². The van der Waals surface area contributed by atoms with Crippen molar-refractivity contribution < 1.29 is 0 Å². The van der Waals surface area contributed by atoms with E-state index in [1.165, 1.54) is 0 Å². The molecule has 0 spiro atoms. The van der Waals surface area contributed by atoms with Gasteiger partial charge in [0.25, 0.3) is 0 Å². The van der Waals surface area contributed by atoms with Crippen LogP contribution in [0, 0.1) is 6.92 Å². The highest BCUT2D eigenvalue weighted by Gasteiger charge is 2.04. The lowest BCUT2D eigenvalue weighted by Gasteiger charge is -2.12. The molecule has 1 heterocycles. The number of rotatable bonds is 5. The number of aryl methyl sites for hydroxylation is 1. The van der Waals surface area contributed by atoms with Crippen LogP contribution in [0.3, 0.4) is 0 Å².